The maximum absolute atomic E-state index is 12.4. The molecule has 1 aliphatic heterocycles. The lowest BCUT2D eigenvalue weighted by Gasteiger charge is -2.39. The summed E-state index contributed by atoms with van der Waals surface area (Å²) in [5.74, 6) is 2.28. The van der Waals surface area contributed by atoms with Crippen LogP contribution in [-0.2, 0) is 11.8 Å². The maximum atomic E-state index is 12.4. The molecule has 2 unspecified atom stereocenters. The van der Waals surface area contributed by atoms with E-state index < -0.39 is 5.60 Å². The van der Waals surface area contributed by atoms with Gasteiger partial charge in [0.1, 0.15) is 11.4 Å². The first-order valence-electron chi connectivity index (χ1n) is 10.5. The van der Waals surface area contributed by atoms with Gasteiger partial charge in [-0.15, -0.1) is 0 Å². The predicted molar refractivity (Wildman–Crippen MR) is 117 cm³/mol. The first-order chi connectivity index (χ1) is 14.1. The van der Waals surface area contributed by atoms with Crippen molar-refractivity contribution in [3.05, 3.63) is 24.0 Å². The van der Waals surface area contributed by atoms with Gasteiger partial charge in [-0.05, 0) is 52.5 Å². The minimum Gasteiger partial charge on any atom is -0.444 e. The van der Waals surface area contributed by atoms with E-state index in [9.17, 15) is 4.79 Å². The van der Waals surface area contributed by atoms with Crippen molar-refractivity contribution < 1.29 is 9.53 Å². The number of aromatic nitrogens is 4. The molecule has 1 amide bonds. The molecule has 0 spiro atoms. The summed E-state index contributed by atoms with van der Waals surface area (Å²) in [6.07, 6.45) is 3.28. The highest BCUT2D eigenvalue weighted by Crippen LogP contribution is 2.25. The van der Waals surface area contributed by atoms with Gasteiger partial charge in [-0.1, -0.05) is 6.92 Å². The first-order valence-corrected chi connectivity index (χ1v) is 10.5. The average molecular weight is 416 g/mol. The fourth-order valence-electron chi connectivity index (χ4n) is 3.55. The molecule has 2 aromatic heterocycles. The van der Waals surface area contributed by atoms with Crippen LogP contribution in [0.4, 0.5) is 22.4 Å². The molecular weight excluding hydrogens is 382 g/mol. The van der Waals surface area contributed by atoms with Crippen LogP contribution in [0.25, 0.3) is 0 Å². The van der Waals surface area contributed by atoms with Gasteiger partial charge in [0.15, 0.2) is 5.82 Å². The summed E-state index contributed by atoms with van der Waals surface area (Å²) in [6.45, 7) is 11.1. The SMILES string of the molecule is CCC1CN(C(=O)OC(C)(C)C)CCC1Nc1ccnc(Nc2cc(C)n(C)n2)n1. The minimum atomic E-state index is -0.482. The molecule has 3 rings (SSSR count). The summed E-state index contributed by atoms with van der Waals surface area (Å²) in [5, 5.41) is 11.1. The Bertz CT molecular complexity index is 855. The quantitative estimate of drug-likeness (QED) is 0.768. The Morgan fingerprint density at radius 2 is 2.10 bits per heavy atom. The molecule has 9 nitrogen and oxygen atoms in total. The molecule has 1 aliphatic rings. The van der Waals surface area contributed by atoms with Gasteiger partial charge >= 0.3 is 6.09 Å². The van der Waals surface area contributed by atoms with Crippen molar-refractivity contribution in [1.82, 2.24) is 24.6 Å². The average Bonchev–Trinajstić information content (AvgIpc) is 2.98. The van der Waals surface area contributed by atoms with Crippen LogP contribution in [-0.4, -0.2) is 55.5 Å². The number of aryl methyl sites for hydroxylation is 2. The van der Waals surface area contributed by atoms with Gasteiger partial charge in [0.25, 0.3) is 0 Å². The zero-order valence-corrected chi connectivity index (χ0v) is 18.8. The Labute approximate surface area is 178 Å². The van der Waals surface area contributed by atoms with E-state index in [0.717, 1.165) is 24.4 Å². The molecular formula is C21H33N7O2. The highest BCUT2D eigenvalue weighted by molar-refractivity contribution is 5.68. The van der Waals surface area contributed by atoms with Crippen molar-refractivity contribution in [3.63, 3.8) is 0 Å². The van der Waals surface area contributed by atoms with E-state index >= 15 is 0 Å². The summed E-state index contributed by atoms with van der Waals surface area (Å²) in [5.41, 5.74) is 0.569. The second kappa shape index (κ2) is 8.89. The molecule has 2 aromatic rings. The lowest BCUT2D eigenvalue weighted by molar-refractivity contribution is 0.0153. The molecule has 30 heavy (non-hydrogen) atoms. The van der Waals surface area contributed by atoms with E-state index in [1.165, 1.54) is 0 Å². The number of anilines is 3. The number of hydrogen-bond acceptors (Lipinski definition) is 7. The molecule has 1 fully saturated rings. The van der Waals surface area contributed by atoms with E-state index in [1.54, 1.807) is 10.9 Å². The van der Waals surface area contributed by atoms with Crippen molar-refractivity contribution in [2.24, 2.45) is 13.0 Å². The van der Waals surface area contributed by atoms with Gasteiger partial charge in [-0.2, -0.15) is 10.1 Å². The van der Waals surface area contributed by atoms with Gasteiger partial charge in [-0.3, -0.25) is 4.68 Å². The fraction of sp³-hybridized carbons (Fsp3) is 0.619. The topological polar surface area (TPSA) is 97.2 Å². The number of carbonyl (C=O) groups excluding carboxylic acids is 1. The monoisotopic (exact) mass is 415 g/mol. The number of piperidine rings is 1. The number of ether oxygens (including phenoxy) is 1. The second-order valence-corrected chi connectivity index (χ2v) is 8.82. The van der Waals surface area contributed by atoms with Crippen molar-refractivity contribution in [1.29, 1.82) is 0 Å². The second-order valence-electron chi connectivity index (χ2n) is 8.82. The number of rotatable bonds is 5. The van der Waals surface area contributed by atoms with Crippen LogP contribution in [0.15, 0.2) is 18.3 Å². The van der Waals surface area contributed by atoms with Crippen molar-refractivity contribution in [2.75, 3.05) is 23.7 Å². The number of nitrogens with one attached hydrogen (secondary N) is 2. The Balaban J connectivity index is 1.62. The standard InChI is InChI=1S/C21H33N7O2/c1-7-15-13-28(20(29)30-21(3,4)5)11-9-16(15)23-17-8-10-22-19(24-17)25-18-12-14(2)27(6)26-18/h8,10,12,15-16H,7,9,11,13H2,1-6H3,(H2,22,23,24,25,26). The van der Waals surface area contributed by atoms with Gasteiger partial charge in [0.2, 0.25) is 5.95 Å². The number of nitrogens with zero attached hydrogens (tertiary/aromatic N) is 5. The smallest absolute Gasteiger partial charge is 0.410 e. The first kappa shape index (κ1) is 21.9. The van der Waals surface area contributed by atoms with Crippen LogP contribution in [0.3, 0.4) is 0 Å². The predicted octanol–water partition coefficient (Wildman–Crippen LogP) is 3.71. The summed E-state index contributed by atoms with van der Waals surface area (Å²) >= 11 is 0. The van der Waals surface area contributed by atoms with Crippen LogP contribution in [0.2, 0.25) is 0 Å². The molecule has 9 heteroatoms. The van der Waals surface area contributed by atoms with Gasteiger partial charge in [-0.25, -0.2) is 9.78 Å². The molecule has 2 N–H and O–H groups in total. The van der Waals surface area contributed by atoms with Crippen LogP contribution in [0.5, 0.6) is 0 Å². The van der Waals surface area contributed by atoms with Crippen LogP contribution in [0.1, 0.15) is 46.2 Å². The zero-order valence-electron chi connectivity index (χ0n) is 18.8. The van der Waals surface area contributed by atoms with E-state index in [1.807, 2.05) is 51.8 Å². The molecule has 0 saturated carbocycles. The van der Waals surface area contributed by atoms with Gasteiger partial charge < -0.3 is 20.3 Å². The summed E-state index contributed by atoms with van der Waals surface area (Å²) in [7, 11) is 1.90. The van der Waals surface area contributed by atoms with Crippen LogP contribution >= 0.6 is 0 Å². The Hall–Kier alpha value is -2.84. The number of carbonyl (C=O) groups is 1. The third-order valence-electron chi connectivity index (χ3n) is 5.25. The molecule has 1 saturated heterocycles. The highest BCUT2D eigenvalue weighted by atomic mass is 16.6. The molecule has 0 bridgehead atoms. The minimum absolute atomic E-state index is 0.230. The molecule has 0 aromatic carbocycles. The third-order valence-corrected chi connectivity index (χ3v) is 5.25. The Kier molecular flexibility index (Phi) is 6.48. The zero-order chi connectivity index (χ0) is 21.9. The van der Waals surface area contributed by atoms with Gasteiger partial charge in [0, 0.05) is 44.1 Å². The molecule has 0 radical (unpaired) electrons. The van der Waals surface area contributed by atoms with E-state index in [4.69, 9.17) is 4.74 Å². The van der Waals surface area contributed by atoms with E-state index in [0.29, 0.717) is 30.8 Å². The third kappa shape index (κ3) is 5.61. The largest absolute Gasteiger partial charge is 0.444 e. The normalized spacial score (nSPS) is 19.5. The number of likely N-dealkylation sites (tertiary alicyclic amines) is 1. The number of hydrogen-bond donors (Lipinski definition) is 2. The Morgan fingerprint density at radius 1 is 1.33 bits per heavy atom. The number of amides is 1. The lowest BCUT2D eigenvalue weighted by atomic mass is 9.90. The maximum Gasteiger partial charge on any atom is 0.410 e. The van der Waals surface area contributed by atoms with E-state index in [2.05, 4.69) is 32.6 Å². The summed E-state index contributed by atoms with van der Waals surface area (Å²) in [4.78, 5) is 23.1. The molecule has 2 atom stereocenters. The van der Waals surface area contributed by atoms with Crippen LogP contribution in [0, 0.1) is 12.8 Å². The summed E-state index contributed by atoms with van der Waals surface area (Å²) in [6, 6.07) is 4.04. The van der Waals surface area contributed by atoms with Crippen LogP contribution < -0.4 is 10.6 Å². The van der Waals surface area contributed by atoms with Gasteiger partial charge in [0.05, 0.1) is 0 Å². The molecule has 3 heterocycles. The lowest BCUT2D eigenvalue weighted by Crippen LogP contribution is -2.49. The van der Waals surface area contributed by atoms with Crippen molar-refractivity contribution in [3.8, 4) is 0 Å². The van der Waals surface area contributed by atoms with E-state index in [-0.39, 0.29) is 12.1 Å². The highest BCUT2D eigenvalue weighted by Gasteiger charge is 2.32. The molecule has 164 valence electrons. The fourth-order valence-corrected chi connectivity index (χ4v) is 3.55. The van der Waals surface area contributed by atoms with Crippen molar-refractivity contribution >= 4 is 23.7 Å². The summed E-state index contributed by atoms with van der Waals surface area (Å²) < 4.78 is 7.34. The van der Waals surface area contributed by atoms with Crippen molar-refractivity contribution in [2.45, 2.75) is 59.1 Å². The molecule has 0 aliphatic carbocycles. The Morgan fingerprint density at radius 3 is 2.73 bits per heavy atom.